The molecule has 0 saturated carbocycles. The Bertz CT molecular complexity index is 1110. The number of benzene rings is 2. The molecular formula is C26H29N5O2. The molecule has 2 aliphatic rings. The van der Waals surface area contributed by atoms with Crippen molar-refractivity contribution in [3.63, 3.8) is 0 Å². The van der Waals surface area contributed by atoms with Crippen molar-refractivity contribution in [3.05, 3.63) is 78.0 Å². The van der Waals surface area contributed by atoms with E-state index in [0.29, 0.717) is 32.4 Å². The van der Waals surface area contributed by atoms with Gasteiger partial charge in [-0.05, 0) is 35.9 Å². The number of rotatable bonds is 1. The number of anilines is 3. The summed E-state index contributed by atoms with van der Waals surface area (Å²) < 4.78 is 11.8. The molecule has 0 unspecified atom stereocenters. The average Bonchev–Trinajstić information content (AvgIpc) is 2.86. The molecule has 3 heterocycles. The van der Waals surface area contributed by atoms with E-state index in [1.165, 1.54) is 5.69 Å². The molecule has 2 N–H and O–H groups in total. The van der Waals surface area contributed by atoms with Crippen LogP contribution in [-0.2, 0) is 22.7 Å². The van der Waals surface area contributed by atoms with Crippen molar-refractivity contribution in [2.24, 2.45) is 0 Å². The van der Waals surface area contributed by atoms with Crippen molar-refractivity contribution in [3.8, 4) is 11.3 Å². The summed E-state index contributed by atoms with van der Waals surface area (Å²) in [6.45, 7) is 6.14. The molecule has 1 aromatic heterocycles. The maximum absolute atomic E-state index is 5.99. The monoisotopic (exact) mass is 443 g/mol. The first kappa shape index (κ1) is 21.6. The number of fused-ring (bicyclic) bond motifs is 7. The van der Waals surface area contributed by atoms with Crippen LogP contribution in [0.1, 0.15) is 11.1 Å². The van der Waals surface area contributed by atoms with Crippen molar-refractivity contribution in [1.82, 2.24) is 15.3 Å². The van der Waals surface area contributed by atoms with Crippen LogP contribution in [0.2, 0.25) is 0 Å². The number of ether oxygens (including phenoxy) is 2. The molecule has 5 rings (SSSR count). The van der Waals surface area contributed by atoms with Crippen LogP contribution in [-0.4, -0.2) is 49.4 Å². The summed E-state index contributed by atoms with van der Waals surface area (Å²) in [5, 5.41) is 6.80. The van der Waals surface area contributed by atoms with Crippen LogP contribution < -0.4 is 15.5 Å². The summed E-state index contributed by atoms with van der Waals surface area (Å²) in [6, 6.07) is 16.6. The highest BCUT2D eigenvalue weighted by atomic mass is 16.5. The summed E-state index contributed by atoms with van der Waals surface area (Å²) in [5.74, 6) is 0.569. The standard InChI is InChI=1S/C26H29N5O2/c1-2-15-33-19-22-17-23(6-7-25(22)31-12-10-27-11-13-31)29-26-28-9-8-24(30-26)21-5-3-4-20(16-21)18-32-14-1/h1-9,16-17,27H,10-15,18-19H2,(H,28,29,30)/b2-1+. The molecule has 0 aliphatic carbocycles. The van der Waals surface area contributed by atoms with Gasteiger partial charge in [0.05, 0.1) is 32.1 Å². The Morgan fingerprint density at radius 1 is 0.879 bits per heavy atom. The van der Waals surface area contributed by atoms with Crippen molar-refractivity contribution in [2.75, 3.05) is 49.6 Å². The molecule has 2 aliphatic heterocycles. The first-order chi connectivity index (χ1) is 16.3. The van der Waals surface area contributed by atoms with Crippen molar-refractivity contribution in [2.45, 2.75) is 13.2 Å². The van der Waals surface area contributed by atoms with Crippen molar-refractivity contribution >= 4 is 17.3 Å². The molecule has 33 heavy (non-hydrogen) atoms. The zero-order valence-corrected chi connectivity index (χ0v) is 18.7. The fourth-order valence-electron chi connectivity index (χ4n) is 4.14. The van der Waals surface area contributed by atoms with Gasteiger partial charge < -0.3 is 25.0 Å². The van der Waals surface area contributed by atoms with E-state index in [-0.39, 0.29) is 0 Å². The minimum absolute atomic E-state index is 0.533. The predicted molar refractivity (Wildman–Crippen MR) is 131 cm³/mol. The molecule has 6 bridgehead atoms. The van der Waals surface area contributed by atoms with E-state index in [2.05, 4.69) is 56.9 Å². The molecule has 3 aromatic rings. The lowest BCUT2D eigenvalue weighted by molar-refractivity contribution is 0.140. The van der Waals surface area contributed by atoms with Crippen LogP contribution in [0, 0.1) is 0 Å². The molecule has 170 valence electrons. The van der Waals surface area contributed by atoms with Gasteiger partial charge in [-0.3, -0.25) is 0 Å². The molecule has 1 saturated heterocycles. The quantitative estimate of drug-likeness (QED) is 0.553. The molecule has 0 spiro atoms. The van der Waals surface area contributed by atoms with E-state index >= 15 is 0 Å². The van der Waals surface area contributed by atoms with Gasteiger partial charge in [0.1, 0.15) is 0 Å². The lowest BCUT2D eigenvalue weighted by Crippen LogP contribution is -2.43. The van der Waals surface area contributed by atoms with E-state index in [4.69, 9.17) is 14.5 Å². The zero-order valence-electron chi connectivity index (χ0n) is 18.7. The minimum Gasteiger partial charge on any atom is -0.373 e. The third-order valence-electron chi connectivity index (χ3n) is 5.79. The molecule has 7 nitrogen and oxygen atoms in total. The maximum atomic E-state index is 5.99. The van der Waals surface area contributed by atoms with Crippen molar-refractivity contribution in [1.29, 1.82) is 0 Å². The molecule has 7 heteroatoms. The first-order valence-corrected chi connectivity index (χ1v) is 11.4. The van der Waals surface area contributed by atoms with Gasteiger partial charge in [0.2, 0.25) is 5.95 Å². The summed E-state index contributed by atoms with van der Waals surface area (Å²) >= 11 is 0. The summed E-state index contributed by atoms with van der Waals surface area (Å²) in [5.41, 5.74) is 6.34. The predicted octanol–water partition coefficient (Wildman–Crippen LogP) is 3.90. The Morgan fingerprint density at radius 3 is 2.61 bits per heavy atom. The Kier molecular flexibility index (Phi) is 6.91. The fraction of sp³-hybridized carbons (Fsp3) is 0.308. The van der Waals surface area contributed by atoms with Crippen LogP contribution in [0.5, 0.6) is 0 Å². The third-order valence-corrected chi connectivity index (χ3v) is 5.79. The van der Waals surface area contributed by atoms with E-state index in [1.807, 2.05) is 24.3 Å². The van der Waals surface area contributed by atoms with E-state index in [0.717, 1.165) is 54.3 Å². The third kappa shape index (κ3) is 5.57. The highest BCUT2D eigenvalue weighted by Crippen LogP contribution is 2.28. The van der Waals surface area contributed by atoms with Gasteiger partial charge in [-0.25, -0.2) is 9.97 Å². The van der Waals surface area contributed by atoms with Gasteiger partial charge >= 0.3 is 0 Å². The first-order valence-electron chi connectivity index (χ1n) is 11.4. The van der Waals surface area contributed by atoms with Gasteiger partial charge in [-0.2, -0.15) is 0 Å². The van der Waals surface area contributed by atoms with Gasteiger partial charge in [-0.15, -0.1) is 0 Å². The largest absolute Gasteiger partial charge is 0.373 e. The number of piperazine rings is 1. The van der Waals surface area contributed by atoms with Crippen LogP contribution in [0.3, 0.4) is 0 Å². The number of hydrogen-bond acceptors (Lipinski definition) is 7. The second-order valence-electron chi connectivity index (χ2n) is 8.17. The minimum atomic E-state index is 0.533. The number of nitrogens with zero attached hydrogens (tertiary/aromatic N) is 3. The Balaban J connectivity index is 1.47. The van der Waals surface area contributed by atoms with Crippen LogP contribution >= 0.6 is 0 Å². The SMILES string of the molecule is C1=C/COCc2cc(ccc2N2CCNCC2)Nc2nccc(n2)-c2cccc(c2)COC/1. The summed E-state index contributed by atoms with van der Waals surface area (Å²) in [7, 11) is 0. The number of nitrogens with one attached hydrogen (secondary N) is 2. The normalized spacial score (nSPS) is 18.0. The van der Waals surface area contributed by atoms with E-state index in [9.17, 15) is 0 Å². The van der Waals surface area contributed by atoms with Gasteiger partial charge in [-0.1, -0.05) is 30.4 Å². The molecular weight excluding hydrogens is 414 g/mol. The van der Waals surface area contributed by atoms with E-state index in [1.54, 1.807) is 6.20 Å². The molecule has 0 atom stereocenters. The second-order valence-corrected chi connectivity index (χ2v) is 8.17. The van der Waals surface area contributed by atoms with E-state index < -0.39 is 0 Å². The molecule has 0 amide bonds. The second kappa shape index (κ2) is 10.6. The molecule has 1 fully saturated rings. The lowest BCUT2D eigenvalue weighted by Gasteiger charge is -2.31. The molecule has 2 aromatic carbocycles. The van der Waals surface area contributed by atoms with Gasteiger partial charge in [0.15, 0.2) is 0 Å². The van der Waals surface area contributed by atoms with Crippen LogP contribution in [0.4, 0.5) is 17.3 Å². The lowest BCUT2D eigenvalue weighted by atomic mass is 10.1. The smallest absolute Gasteiger partial charge is 0.227 e. The number of aromatic nitrogens is 2. The fourth-order valence-corrected chi connectivity index (χ4v) is 4.14. The highest BCUT2D eigenvalue weighted by molar-refractivity contribution is 5.66. The summed E-state index contributed by atoms with van der Waals surface area (Å²) in [6.07, 6.45) is 5.82. The Labute approximate surface area is 194 Å². The van der Waals surface area contributed by atoms with Gasteiger partial charge in [0, 0.05) is 54.9 Å². The highest BCUT2D eigenvalue weighted by Gasteiger charge is 2.15. The van der Waals surface area contributed by atoms with Crippen molar-refractivity contribution < 1.29 is 9.47 Å². The molecule has 0 radical (unpaired) electrons. The zero-order chi connectivity index (χ0) is 22.3. The number of hydrogen-bond donors (Lipinski definition) is 2. The van der Waals surface area contributed by atoms with Gasteiger partial charge in [0.25, 0.3) is 0 Å². The Morgan fingerprint density at radius 2 is 1.73 bits per heavy atom. The Hall–Kier alpha value is -3.26. The topological polar surface area (TPSA) is 71.5 Å². The maximum Gasteiger partial charge on any atom is 0.227 e. The van der Waals surface area contributed by atoms with Crippen LogP contribution in [0.25, 0.3) is 11.3 Å². The van der Waals surface area contributed by atoms with Crippen LogP contribution in [0.15, 0.2) is 66.9 Å². The summed E-state index contributed by atoms with van der Waals surface area (Å²) in [4.78, 5) is 11.6. The average molecular weight is 444 g/mol.